The summed E-state index contributed by atoms with van der Waals surface area (Å²) in [6, 6.07) is 34.0. The first-order valence-corrected chi connectivity index (χ1v) is 18.3. The topological polar surface area (TPSA) is 86.4 Å². The smallest absolute Gasteiger partial charge is 0.261 e. The molecule has 1 amide bonds. The molecule has 5 rings (SSSR count). The first-order valence-electron chi connectivity index (χ1n) is 15.7. The van der Waals surface area contributed by atoms with Crippen LogP contribution >= 0.6 is 23.2 Å². The van der Waals surface area contributed by atoms with Crippen LogP contribution in [0, 0.1) is 0 Å². The first-order chi connectivity index (χ1) is 23.0. The lowest BCUT2D eigenvalue weighted by Crippen LogP contribution is -2.66. The Kier molecular flexibility index (Phi) is 10.9. The van der Waals surface area contributed by atoms with Crippen molar-refractivity contribution in [2.75, 3.05) is 7.05 Å². The Balaban J connectivity index is 1.45. The number of amides is 1. The summed E-state index contributed by atoms with van der Waals surface area (Å²) in [5.41, 5.74) is 9.68. The van der Waals surface area contributed by atoms with Gasteiger partial charge in [0.15, 0.2) is 5.78 Å². The fourth-order valence-electron chi connectivity index (χ4n) is 6.03. The largest absolute Gasteiger partial charge is 0.403 e. The number of hydrogen-bond donors (Lipinski definition) is 2. The minimum absolute atomic E-state index is 0.178. The van der Waals surface area contributed by atoms with Crippen LogP contribution in [0.3, 0.4) is 0 Å². The molecule has 0 aliphatic carbocycles. The third-order valence-electron chi connectivity index (χ3n) is 8.52. The molecule has 1 unspecified atom stereocenters. The van der Waals surface area contributed by atoms with Crippen LogP contribution in [0.25, 0.3) is 11.8 Å². The molecule has 9 heteroatoms. The number of aromatic nitrogens is 1. The van der Waals surface area contributed by atoms with E-state index in [4.69, 9.17) is 33.4 Å². The zero-order chi connectivity index (χ0) is 34.5. The van der Waals surface area contributed by atoms with Crippen LogP contribution in [-0.4, -0.2) is 31.6 Å². The number of carbonyl (C=O) groups excluding carboxylic acids is 2. The van der Waals surface area contributed by atoms with Crippen molar-refractivity contribution in [3.63, 3.8) is 0 Å². The highest BCUT2D eigenvalue weighted by atomic mass is 35.5. The van der Waals surface area contributed by atoms with E-state index in [2.05, 4.69) is 50.4 Å². The monoisotopic (exact) mass is 695 g/mol. The van der Waals surface area contributed by atoms with E-state index in [0.29, 0.717) is 32.6 Å². The van der Waals surface area contributed by atoms with Crippen LogP contribution < -0.4 is 21.4 Å². The molecule has 0 saturated carbocycles. The number of carbonyl (C=O) groups is 2. The van der Waals surface area contributed by atoms with Gasteiger partial charge in [-0.25, -0.2) is 0 Å². The Morgan fingerprint density at radius 3 is 2.04 bits per heavy atom. The van der Waals surface area contributed by atoms with Gasteiger partial charge in [0, 0.05) is 35.1 Å². The van der Waals surface area contributed by atoms with Gasteiger partial charge >= 0.3 is 0 Å². The molecule has 0 saturated heterocycles. The van der Waals surface area contributed by atoms with Gasteiger partial charge in [-0.2, -0.15) is 0 Å². The van der Waals surface area contributed by atoms with Crippen LogP contribution in [0.2, 0.25) is 15.1 Å². The number of hydrogen-bond acceptors (Lipinski definition) is 4. The van der Waals surface area contributed by atoms with E-state index in [9.17, 15) is 9.59 Å². The second kappa shape index (κ2) is 14.9. The van der Waals surface area contributed by atoms with Crippen LogP contribution in [0.15, 0.2) is 121 Å². The van der Waals surface area contributed by atoms with Crippen molar-refractivity contribution < 1.29 is 14.0 Å². The molecule has 1 heterocycles. The Hall–Kier alpha value is -4.24. The zero-order valence-electron chi connectivity index (χ0n) is 27.4. The van der Waals surface area contributed by atoms with Crippen molar-refractivity contribution in [2.45, 2.75) is 38.5 Å². The molecule has 0 fully saturated rings. The highest BCUT2D eigenvalue weighted by Crippen LogP contribution is 2.39. The maximum atomic E-state index is 13.2. The molecular weight excluding hydrogens is 657 g/mol. The lowest BCUT2D eigenvalue weighted by molar-refractivity contribution is -0.115. The normalized spacial score (nSPS) is 12.6. The quantitative estimate of drug-likeness (QED) is 0.111. The van der Waals surface area contributed by atoms with Gasteiger partial charge in [0.2, 0.25) is 0 Å². The fraction of sp³-hybridized carbons (Fsp3) is 0.179. The lowest BCUT2D eigenvalue weighted by atomic mass is 10.1. The molecule has 246 valence electrons. The number of ketones is 1. The van der Waals surface area contributed by atoms with Crippen molar-refractivity contribution >= 4 is 59.7 Å². The highest BCUT2D eigenvalue weighted by Gasteiger charge is 2.50. The third-order valence-corrected chi connectivity index (χ3v) is 14.3. The summed E-state index contributed by atoms with van der Waals surface area (Å²) >= 11 is 14.0. The molecule has 0 aliphatic rings. The molecule has 0 aliphatic heterocycles. The molecule has 0 spiro atoms. The van der Waals surface area contributed by atoms with E-state index in [1.807, 2.05) is 59.3 Å². The Bertz CT molecular complexity index is 1880. The van der Waals surface area contributed by atoms with Gasteiger partial charge in [0.05, 0.1) is 17.3 Å². The second-order valence-electron chi connectivity index (χ2n) is 12.5. The molecule has 0 radical (unpaired) electrons. The van der Waals surface area contributed by atoms with Crippen LogP contribution in [0.4, 0.5) is 0 Å². The molecule has 5 aromatic rings. The van der Waals surface area contributed by atoms with E-state index in [1.165, 1.54) is 6.08 Å². The summed E-state index contributed by atoms with van der Waals surface area (Å²) in [6.07, 6.45) is 4.95. The molecule has 48 heavy (non-hydrogen) atoms. The van der Waals surface area contributed by atoms with Gasteiger partial charge in [-0.05, 0) is 63.4 Å². The molecule has 1 atom stereocenters. The van der Waals surface area contributed by atoms with Gasteiger partial charge in [0.1, 0.15) is 6.04 Å². The van der Waals surface area contributed by atoms with Crippen molar-refractivity contribution in [3.05, 3.63) is 154 Å². The van der Waals surface area contributed by atoms with Gasteiger partial charge in [-0.1, -0.05) is 123 Å². The molecular formula is C39H39Cl2N3O3Si. The predicted octanol–water partition coefficient (Wildman–Crippen LogP) is 7.50. The SMILES string of the molecule is CNC(=O)c1ccc(/C=C/C(=O)C(N)c2cccn2-c2ccc(Cl)c(CO[Si](c3ccccc3)(c3ccccc3)C(C)(C)C)c2Cl)cc1. The average Bonchev–Trinajstić information content (AvgIpc) is 3.58. The van der Waals surface area contributed by atoms with Gasteiger partial charge in [-0.15, -0.1) is 0 Å². The second-order valence-corrected chi connectivity index (χ2v) is 17.6. The number of benzene rings is 4. The van der Waals surface area contributed by atoms with Gasteiger partial charge in [0.25, 0.3) is 14.2 Å². The first kappa shape index (κ1) is 35.1. The average molecular weight is 697 g/mol. The maximum absolute atomic E-state index is 13.2. The van der Waals surface area contributed by atoms with Gasteiger partial charge in [-0.3, -0.25) is 9.59 Å². The van der Waals surface area contributed by atoms with E-state index >= 15 is 0 Å². The summed E-state index contributed by atoms with van der Waals surface area (Å²) < 4.78 is 8.97. The minimum atomic E-state index is -2.87. The van der Waals surface area contributed by atoms with Crippen molar-refractivity contribution in [3.8, 4) is 5.69 Å². The predicted molar refractivity (Wildman–Crippen MR) is 199 cm³/mol. The summed E-state index contributed by atoms with van der Waals surface area (Å²) in [5.74, 6) is -0.464. The van der Waals surface area contributed by atoms with Crippen molar-refractivity contribution in [1.29, 1.82) is 0 Å². The highest BCUT2D eigenvalue weighted by molar-refractivity contribution is 6.99. The van der Waals surface area contributed by atoms with Crippen molar-refractivity contribution in [1.82, 2.24) is 9.88 Å². The fourth-order valence-corrected chi connectivity index (χ4v) is 11.1. The van der Waals surface area contributed by atoms with E-state index in [0.717, 1.165) is 15.9 Å². The molecule has 6 nitrogen and oxygen atoms in total. The molecule has 1 aromatic heterocycles. The Morgan fingerprint density at radius 1 is 0.875 bits per heavy atom. The number of nitrogens with two attached hydrogens (primary N) is 1. The number of halogens is 2. The molecule has 0 bridgehead atoms. The summed E-state index contributed by atoms with van der Waals surface area (Å²) in [6.45, 7) is 6.84. The number of nitrogens with one attached hydrogen (secondary N) is 1. The standard InChI is InChI=1S/C39H39Cl2N3O3Si/c1-39(2,3)48(29-12-7-5-8-13-29,30-14-9-6-10-15-30)47-26-31-32(40)22-23-33(36(31)41)44-25-11-16-34(44)37(42)35(45)24-19-27-17-20-28(21-18-27)38(46)43-4/h5-25,37H,26,42H2,1-4H3,(H,43,46)/b24-19+. The van der Waals surface area contributed by atoms with E-state index < -0.39 is 14.4 Å². The maximum Gasteiger partial charge on any atom is 0.261 e. The third kappa shape index (κ3) is 7.11. The minimum Gasteiger partial charge on any atom is -0.403 e. The molecule has 4 aromatic carbocycles. The van der Waals surface area contributed by atoms with Gasteiger partial charge < -0.3 is 20.0 Å². The van der Waals surface area contributed by atoms with E-state index in [1.54, 1.807) is 49.5 Å². The molecule has 3 N–H and O–H groups in total. The van der Waals surface area contributed by atoms with E-state index in [-0.39, 0.29) is 23.3 Å². The van der Waals surface area contributed by atoms with Crippen LogP contribution in [0.5, 0.6) is 0 Å². The summed E-state index contributed by atoms with van der Waals surface area (Å²) in [5, 5.41) is 5.57. The summed E-state index contributed by atoms with van der Waals surface area (Å²) in [7, 11) is -1.29. The van der Waals surface area contributed by atoms with Crippen LogP contribution in [0.1, 0.15) is 54.0 Å². The summed E-state index contributed by atoms with van der Waals surface area (Å²) in [4.78, 5) is 25.1. The number of rotatable bonds is 11. The number of nitrogens with zero attached hydrogens (tertiary/aromatic N) is 1. The van der Waals surface area contributed by atoms with Crippen molar-refractivity contribution in [2.24, 2.45) is 5.73 Å². The Morgan fingerprint density at radius 2 is 1.48 bits per heavy atom. The lowest BCUT2D eigenvalue weighted by Gasteiger charge is -2.43. The zero-order valence-corrected chi connectivity index (χ0v) is 29.9. The van der Waals surface area contributed by atoms with Crippen LogP contribution in [-0.2, 0) is 15.8 Å². The Labute approximate surface area is 293 Å².